The van der Waals surface area contributed by atoms with Crippen molar-refractivity contribution in [2.24, 2.45) is 0 Å². The number of aromatic hydroxyl groups is 3. The Morgan fingerprint density at radius 1 is 0.860 bits per heavy atom. The minimum Gasteiger partial charge on any atom is -0.508 e. The number of aliphatic hydroxyl groups excluding tert-OH is 6. The molecule has 0 spiro atoms. The van der Waals surface area contributed by atoms with Crippen molar-refractivity contribution in [3.8, 4) is 28.6 Å². The predicted octanol–water partition coefficient (Wildman–Crippen LogP) is -1.59. The van der Waals surface area contributed by atoms with Crippen molar-refractivity contribution in [2.45, 2.75) is 80.3 Å². The largest absolute Gasteiger partial charge is 0.508 e. The molecule has 3 aromatic rings. The maximum absolute atomic E-state index is 13.6. The Bertz CT molecular complexity index is 1800. The molecule has 2 saturated heterocycles. The number of aliphatic carboxylic acids is 1. The SMILES string of the molecule is CC(O)(CC(=O)O)CC(=O)OCC1OC(c2c(O)c(C3OCC(O)C(O)C3O)c(O)c3c(=O)cc(-c4ccc(O)cc4)oc23)C(O)C(O)C1O. The predicted molar refractivity (Wildman–Crippen MR) is 164 cm³/mol. The number of carbonyl (C=O) groups is 2. The van der Waals surface area contributed by atoms with Gasteiger partial charge >= 0.3 is 11.9 Å². The summed E-state index contributed by atoms with van der Waals surface area (Å²) in [5, 5.41) is 115. The van der Waals surface area contributed by atoms with Crippen LogP contribution in [0.1, 0.15) is 43.1 Å². The van der Waals surface area contributed by atoms with Crippen LogP contribution in [0.4, 0.5) is 0 Å². The van der Waals surface area contributed by atoms with Gasteiger partial charge in [-0.3, -0.25) is 14.4 Å². The lowest BCUT2D eigenvalue weighted by Gasteiger charge is -2.41. The standard InChI is InChI=1S/C32H36O18/c1-32(46,7-17(36)37)8-18(38)47-10-16-23(40)26(43)28(45)31(50-16)21-25(42)20(30-27(44)22(39)14(35)9-48-30)24(41)19-13(34)6-15(49-29(19)21)11-2-4-12(33)5-3-11/h2-6,14,16,22-23,26-28,30-31,33,35,39-46H,7-10H2,1H3,(H,36,37). The molecule has 1 aromatic heterocycles. The Balaban J connectivity index is 1.63. The van der Waals surface area contributed by atoms with E-state index in [0.29, 0.717) is 0 Å². The monoisotopic (exact) mass is 708 g/mol. The number of hydrogen-bond donors (Lipinski definition) is 11. The van der Waals surface area contributed by atoms with Gasteiger partial charge in [-0.1, -0.05) is 0 Å². The normalized spacial score (nSPS) is 29.7. The zero-order valence-corrected chi connectivity index (χ0v) is 26.2. The van der Waals surface area contributed by atoms with Gasteiger partial charge in [-0.25, -0.2) is 0 Å². The highest BCUT2D eigenvalue weighted by molar-refractivity contribution is 5.92. The quantitative estimate of drug-likeness (QED) is 0.112. The molecule has 2 fully saturated rings. The third kappa shape index (κ3) is 7.11. The van der Waals surface area contributed by atoms with E-state index in [4.69, 9.17) is 23.7 Å². The van der Waals surface area contributed by atoms with Crippen LogP contribution in [0.15, 0.2) is 39.5 Å². The number of carbonyl (C=O) groups excluding carboxylic acids is 1. The summed E-state index contributed by atoms with van der Waals surface area (Å²) in [7, 11) is 0. The molecule has 18 heteroatoms. The first kappa shape index (κ1) is 36.9. The second kappa shape index (κ2) is 14.1. The fourth-order valence-corrected chi connectivity index (χ4v) is 6.02. The molecule has 3 heterocycles. The minimum absolute atomic E-state index is 0.126. The number of phenols is 3. The van der Waals surface area contributed by atoms with E-state index in [1.165, 1.54) is 24.3 Å². The number of phenolic OH excluding ortho intramolecular Hbond substituents is 3. The molecule has 0 aliphatic carbocycles. The van der Waals surface area contributed by atoms with E-state index in [1.54, 1.807) is 0 Å². The number of carboxylic acid groups (broad SMARTS) is 1. The van der Waals surface area contributed by atoms with Gasteiger partial charge in [-0.05, 0) is 31.2 Å². The number of ether oxygens (including phenoxy) is 3. The van der Waals surface area contributed by atoms with E-state index in [0.717, 1.165) is 13.0 Å². The van der Waals surface area contributed by atoms with Crippen LogP contribution in [0, 0.1) is 0 Å². The van der Waals surface area contributed by atoms with Crippen molar-refractivity contribution in [2.75, 3.05) is 13.2 Å². The molecule has 272 valence electrons. The zero-order chi connectivity index (χ0) is 36.8. The summed E-state index contributed by atoms with van der Waals surface area (Å²) in [6.45, 7) is -0.359. The molecule has 0 bridgehead atoms. The van der Waals surface area contributed by atoms with Gasteiger partial charge in [0, 0.05) is 11.6 Å². The van der Waals surface area contributed by atoms with Gasteiger partial charge in [-0.2, -0.15) is 0 Å². The molecule has 10 unspecified atom stereocenters. The van der Waals surface area contributed by atoms with Crippen LogP contribution in [0.3, 0.4) is 0 Å². The number of fused-ring (bicyclic) bond motifs is 1. The van der Waals surface area contributed by atoms with Crippen molar-refractivity contribution >= 4 is 22.9 Å². The number of rotatable bonds is 9. The molecule has 10 atom stereocenters. The van der Waals surface area contributed by atoms with Crippen molar-refractivity contribution in [1.29, 1.82) is 0 Å². The van der Waals surface area contributed by atoms with E-state index in [9.17, 15) is 65.4 Å². The Morgan fingerprint density at radius 3 is 2.14 bits per heavy atom. The highest BCUT2D eigenvalue weighted by Crippen LogP contribution is 2.50. The average Bonchev–Trinajstić information content (AvgIpc) is 3.03. The second-order valence-corrected chi connectivity index (χ2v) is 12.5. The number of aliphatic hydroxyl groups is 7. The second-order valence-electron chi connectivity index (χ2n) is 12.5. The van der Waals surface area contributed by atoms with Crippen LogP contribution in [-0.2, 0) is 23.8 Å². The molecule has 50 heavy (non-hydrogen) atoms. The molecular formula is C32H36O18. The van der Waals surface area contributed by atoms with E-state index < -0.39 is 138 Å². The summed E-state index contributed by atoms with van der Waals surface area (Å²) in [6.07, 6.45) is -18.6. The highest BCUT2D eigenvalue weighted by Gasteiger charge is 2.49. The Morgan fingerprint density at radius 2 is 1.50 bits per heavy atom. The average molecular weight is 709 g/mol. The summed E-state index contributed by atoms with van der Waals surface area (Å²) in [5.41, 5.74) is -4.66. The van der Waals surface area contributed by atoms with Crippen molar-refractivity contribution in [1.82, 2.24) is 0 Å². The highest BCUT2D eigenvalue weighted by atomic mass is 16.6. The van der Waals surface area contributed by atoms with Crippen LogP contribution in [0.25, 0.3) is 22.3 Å². The molecule has 2 aliphatic rings. The molecule has 0 amide bonds. The Kier molecular flexibility index (Phi) is 10.4. The van der Waals surface area contributed by atoms with Crippen molar-refractivity contribution < 1.29 is 84.4 Å². The van der Waals surface area contributed by atoms with Crippen molar-refractivity contribution in [3.05, 3.63) is 51.7 Å². The lowest BCUT2D eigenvalue weighted by atomic mass is 9.85. The maximum atomic E-state index is 13.6. The Labute approximate surface area is 281 Å². The van der Waals surface area contributed by atoms with Crippen LogP contribution in [0.2, 0.25) is 0 Å². The summed E-state index contributed by atoms with van der Waals surface area (Å²) < 4.78 is 22.3. The molecule has 2 aromatic carbocycles. The Hall–Kier alpha value is -4.37. The molecule has 0 saturated carbocycles. The van der Waals surface area contributed by atoms with Crippen LogP contribution >= 0.6 is 0 Å². The van der Waals surface area contributed by atoms with Gasteiger partial charge < -0.3 is 74.8 Å². The first-order chi connectivity index (χ1) is 23.4. The molecule has 5 rings (SSSR count). The first-order valence-electron chi connectivity index (χ1n) is 15.2. The first-order valence-corrected chi connectivity index (χ1v) is 15.2. The molecule has 2 aliphatic heterocycles. The van der Waals surface area contributed by atoms with E-state index in [-0.39, 0.29) is 17.1 Å². The van der Waals surface area contributed by atoms with E-state index in [2.05, 4.69) is 0 Å². The fraction of sp³-hybridized carbons (Fsp3) is 0.469. The van der Waals surface area contributed by atoms with Crippen molar-refractivity contribution in [3.63, 3.8) is 0 Å². The minimum atomic E-state index is -2.12. The van der Waals surface area contributed by atoms with Crippen LogP contribution < -0.4 is 5.43 Å². The lowest BCUT2D eigenvalue weighted by molar-refractivity contribution is -0.235. The van der Waals surface area contributed by atoms with Crippen LogP contribution in [-0.4, -0.2) is 130 Å². The van der Waals surface area contributed by atoms with E-state index in [1.807, 2.05) is 0 Å². The zero-order valence-electron chi connectivity index (χ0n) is 26.2. The molecule has 18 nitrogen and oxygen atoms in total. The van der Waals surface area contributed by atoms with Crippen LogP contribution in [0.5, 0.6) is 17.2 Å². The summed E-state index contributed by atoms with van der Waals surface area (Å²) >= 11 is 0. The molecule has 11 N–H and O–H groups in total. The van der Waals surface area contributed by atoms with Gasteiger partial charge in [0.25, 0.3) is 0 Å². The fourth-order valence-electron chi connectivity index (χ4n) is 6.02. The summed E-state index contributed by atoms with van der Waals surface area (Å²) in [5.74, 6) is -4.83. The van der Waals surface area contributed by atoms with Gasteiger partial charge in [-0.15, -0.1) is 0 Å². The lowest BCUT2D eigenvalue weighted by Crippen LogP contribution is -2.55. The number of benzene rings is 2. The summed E-state index contributed by atoms with van der Waals surface area (Å²) in [6, 6.07) is 6.25. The van der Waals surface area contributed by atoms with Gasteiger partial charge in [0.05, 0.1) is 36.2 Å². The molecule has 0 radical (unpaired) electrons. The maximum Gasteiger partial charge on any atom is 0.308 e. The third-order valence-electron chi connectivity index (χ3n) is 8.59. The van der Waals surface area contributed by atoms with Gasteiger partial charge in [0.2, 0.25) is 0 Å². The third-order valence-corrected chi connectivity index (χ3v) is 8.59. The van der Waals surface area contributed by atoms with Gasteiger partial charge in [0.1, 0.15) is 89.9 Å². The van der Waals surface area contributed by atoms with Gasteiger partial charge in [0.15, 0.2) is 11.0 Å². The number of hydrogen-bond acceptors (Lipinski definition) is 17. The molecular weight excluding hydrogens is 672 g/mol. The number of carboxylic acids is 1. The smallest absolute Gasteiger partial charge is 0.308 e. The number of esters is 1. The topological polar surface area (TPSA) is 315 Å². The summed E-state index contributed by atoms with van der Waals surface area (Å²) in [4.78, 5) is 37.1. The van der Waals surface area contributed by atoms with E-state index >= 15 is 0 Å².